The van der Waals surface area contributed by atoms with Gasteiger partial charge in [-0.05, 0) is 48.5 Å². The van der Waals surface area contributed by atoms with Gasteiger partial charge in [0.25, 0.3) is 0 Å². The first-order valence-electron chi connectivity index (χ1n) is 12.0. The van der Waals surface area contributed by atoms with E-state index in [9.17, 15) is 4.79 Å². The van der Waals surface area contributed by atoms with Crippen molar-refractivity contribution >= 4 is 23.1 Å². The molecule has 0 unspecified atom stereocenters. The molecule has 5 rings (SSSR count). The summed E-state index contributed by atoms with van der Waals surface area (Å²) >= 11 is 0. The van der Waals surface area contributed by atoms with Crippen LogP contribution in [0.5, 0.6) is 11.6 Å². The molecule has 8 heteroatoms. The van der Waals surface area contributed by atoms with Crippen molar-refractivity contribution in [3.63, 3.8) is 0 Å². The van der Waals surface area contributed by atoms with Crippen LogP contribution in [0.15, 0.2) is 60.9 Å². The van der Waals surface area contributed by atoms with Gasteiger partial charge in [-0.2, -0.15) is 0 Å². The zero-order valence-corrected chi connectivity index (χ0v) is 20.2. The minimum atomic E-state index is 0.340. The summed E-state index contributed by atoms with van der Waals surface area (Å²) in [5, 5.41) is 3.35. The van der Waals surface area contributed by atoms with Gasteiger partial charge in [0.2, 0.25) is 12.3 Å². The molecule has 4 aromatic rings. The normalized spacial score (nSPS) is 13.8. The third kappa shape index (κ3) is 5.48. The lowest BCUT2D eigenvalue weighted by molar-refractivity contribution is -0.109. The van der Waals surface area contributed by atoms with E-state index in [1.54, 1.807) is 0 Å². The maximum Gasteiger partial charge on any atom is 0.231 e. The third-order valence-corrected chi connectivity index (χ3v) is 6.24. The molecule has 1 amide bonds. The Hall–Kier alpha value is -4.35. The fourth-order valence-corrected chi connectivity index (χ4v) is 4.22. The molecule has 2 aromatic carbocycles. The lowest BCUT2D eigenvalue weighted by atomic mass is 10.1. The molecule has 0 aliphatic carbocycles. The number of likely N-dealkylation sites (N-methyl/N-ethyl adjacent to an activating group) is 1. The Kier molecular flexibility index (Phi) is 7.10. The summed E-state index contributed by atoms with van der Waals surface area (Å²) in [7, 11) is 2.17. The fraction of sp³-hybridized carbons (Fsp3) is 0.250. The van der Waals surface area contributed by atoms with Crippen LogP contribution in [-0.4, -0.2) is 66.0 Å². The van der Waals surface area contributed by atoms with Gasteiger partial charge in [0.15, 0.2) is 0 Å². The molecule has 182 valence electrons. The second-order valence-electron chi connectivity index (χ2n) is 8.74. The zero-order chi connectivity index (χ0) is 24.7. The molecule has 8 nitrogen and oxygen atoms in total. The first kappa shape index (κ1) is 23.4. The lowest BCUT2D eigenvalue weighted by Gasteiger charge is -2.34. The van der Waals surface area contributed by atoms with Crippen molar-refractivity contribution in [2.45, 2.75) is 6.42 Å². The van der Waals surface area contributed by atoms with Crippen molar-refractivity contribution in [1.82, 2.24) is 25.2 Å². The minimum Gasteiger partial charge on any atom is -0.438 e. The van der Waals surface area contributed by atoms with Gasteiger partial charge in [-0.25, -0.2) is 9.97 Å². The van der Waals surface area contributed by atoms with Crippen LogP contribution in [0.1, 0.15) is 5.56 Å². The van der Waals surface area contributed by atoms with Gasteiger partial charge in [0, 0.05) is 44.0 Å². The van der Waals surface area contributed by atoms with Crippen LogP contribution in [0.4, 0.5) is 5.69 Å². The van der Waals surface area contributed by atoms with Gasteiger partial charge >= 0.3 is 0 Å². The van der Waals surface area contributed by atoms with E-state index >= 15 is 0 Å². The van der Waals surface area contributed by atoms with Gasteiger partial charge in [0.05, 0.1) is 11.9 Å². The predicted molar refractivity (Wildman–Crippen MR) is 141 cm³/mol. The number of nitrogens with zero attached hydrogens (tertiary/aromatic N) is 4. The smallest absolute Gasteiger partial charge is 0.231 e. The maximum atomic E-state index is 10.3. The maximum absolute atomic E-state index is 10.3. The molecular formula is C28H28N6O2. The van der Waals surface area contributed by atoms with Crippen LogP contribution in [0.3, 0.4) is 0 Å². The largest absolute Gasteiger partial charge is 0.438 e. The summed E-state index contributed by atoms with van der Waals surface area (Å²) in [5.74, 6) is 7.13. The van der Waals surface area contributed by atoms with Crippen LogP contribution in [0, 0.1) is 11.8 Å². The summed E-state index contributed by atoms with van der Waals surface area (Å²) in [5.41, 5.74) is 5.04. The van der Waals surface area contributed by atoms with Gasteiger partial charge in [-0.1, -0.05) is 36.1 Å². The number of H-pyrrole nitrogens is 1. The molecular weight excluding hydrogens is 452 g/mol. The molecule has 0 spiro atoms. The number of amides is 1. The number of rotatable bonds is 7. The highest BCUT2D eigenvalue weighted by Crippen LogP contribution is 2.31. The SMILES string of the molecule is CN1CCN(c2ccc(-c3cc4c(Oc5cccc(CC#CCNC=O)c5)ncnc4[nH]3)cc2)CC1. The van der Waals surface area contributed by atoms with Crippen molar-refractivity contribution in [3.05, 3.63) is 66.5 Å². The summed E-state index contributed by atoms with van der Waals surface area (Å²) < 4.78 is 6.14. The molecule has 0 atom stereocenters. The van der Waals surface area contributed by atoms with E-state index in [-0.39, 0.29) is 0 Å². The van der Waals surface area contributed by atoms with Crippen LogP contribution in [-0.2, 0) is 11.2 Å². The van der Waals surface area contributed by atoms with E-state index < -0.39 is 0 Å². The van der Waals surface area contributed by atoms with Crippen molar-refractivity contribution in [2.24, 2.45) is 0 Å². The molecule has 1 saturated heterocycles. The number of carbonyl (C=O) groups is 1. The van der Waals surface area contributed by atoms with Crippen molar-refractivity contribution in [2.75, 3.05) is 44.7 Å². The van der Waals surface area contributed by atoms with Crippen molar-refractivity contribution in [1.29, 1.82) is 0 Å². The Morgan fingerprint density at radius 1 is 1.06 bits per heavy atom. The highest BCUT2D eigenvalue weighted by molar-refractivity contribution is 5.87. The van der Waals surface area contributed by atoms with Crippen LogP contribution >= 0.6 is 0 Å². The number of benzene rings is 2. The topological polar surface area (TPSA) is 86.4 Å². The Labute approximate surface area is 210 Å². The van der Waals surface area contributed by atoms with Crippen LogP contribution in [0.2, 0.25) is 0 Å². The Balaban J connectivity index is 1.32. The Morgan fingerprint density at radius 2 is 1.89 bits per heavy atom. The molecule has 0 radical (unpaired) electrons. The quantitative estimate of drug-likeness (QED) is 0.239. The Morgan fingerprint density at radius 3 is 2.69 bits per heavy atom. The number of anilines is 1. The molecule has 2 aromatic heterocycles. The standard InChI is InChI=1S/C28H28N6O2/c1-33-13-15-34(16-14-33)23-10-8-22(9-11-23)26-18-25-27(32-26)30-19-31-28(25)36-24-7-4-6-21(17-24)5-2-3-12-29-20-35/h4,6-11,17-20H,5,12-16H2,1H3,(H,29,35)(H,30,31,32). The summed E-state index contributed by atoms with van der Waals surface area (Å²) in [4.78, 5) is 27.3. The summed E-state index contributed by atoms with van der Waals surface area (Å²) in [6, 6.07) is 18.4. The van der Waals surface area contributed by atoms with Gasteiger partial charge in [0.1, 0.15) is 17.7 Å². The minimum absolute atomic E-state index is 0.340. The van der Waals surface area contributed by atoms with E-state index in [1.807, 2.05) is 30.3 Å². The van der Waals surface area contributed by atoms with Gasteiger partial charge in [-0.3, -0.25) is 4.79 Å². The van der Waals surface area contributed by atoms with Crippen molar-refractivity contribution < 1.29 is 9.53 Å². The molecule has 36 heavy (non-hydrogen) atoms. The number of carbonyl (C=O) groups excluding carboxylic acids is 1. The first-order valence-corrected chi connectivity index (χ1v) is 12.0. The van der Waals surface area contributed by atoms with Gasteiger partial charge < -0.3 is 24.8 Å². The van der Waals surface area contributed by atoms with Crippen LogP contribution < -0.4 is 15.0 Å². The van der Waals surface area contributed by atoms with E-state index in [0.29, 0.717) is 31.0 Å². The lowest BCUT2D eigenvalue weighted by Crippen LogP contribution is -2.44. The van der Waals surface area contributed by atoms with E-state index in [4.69, 9.17) is 4.74 Å². The summed E-state index contributed by atoms with van der Waals surface area (Å²) in [6.45, 7) is 4.60. The number of hydrogen-bond acceptors (Lipinski definition) is 6. The van der Waals surface area contributed by atoms with Gasteiger partial charge in [-0.15, -0.1) is 0 Å². The zero-order valence-electron chi connectivity index (χ0n) is 20.2. The van der Waals surface area contributed by atoms with E-state index in [2.05, 4.69) is 73.2 Å². The van der Waals surface area contributed by atoms with Crippen molar-refractivity contribution in [3.8, 4) is 34.7 Å². The molecule has 1 aliphatic heterocycles. The molecule has 0 saturated carbocycles. The Bertz CT molecular complexity index is 1400. The third-order valence-electron chi connectivity index (χ3n) is 6.24. The highest BCUT2D eigenvalue weighted by Gasteiger charge is 2.15. The predicted octanol–water partition coefficient (Wildman–Crippen LogP) is 3.46. The molecule has 1 aliphatic rings. The highest BCUT2D eigenvalue weighted by atomic mass is 16.5. The number of hydrogen-bond donors (Lipinski definition) is 2. The number of aromatic nitrogens is 3. The molecule has 0 bridgehead atoms. The van der Waals surface area contributed by atoms with E-state index in [0.717, 1.165) is 54.0 Å². The monoisotopic (exact) mass is 480 g/mol. The molecule has 1 fully saturated rings. The average Bonchev–Trinajstić information content (AvgIpc) is 3.35. The number of nitrogens with one attached hydrogen (secondary N) is 2. The van der Waals surface area contributed by atoms with E-state index in [1.165, 1.54) is 12.0 Å². The second-order valence-corrected chi connectivity index (χ2v) is 8.74. The fourth-order valence-electron chi connectivity index (χ4n) is 4.22. The first-order chi connectivity index (χ1) is 17.7. The molecule has 3 heterocycles. The summed E-state index contributed by atoms with van der Waals surface area (Å²) in [6.07, 6.45) is 2.71. The number of aromatic amines is 1. The number of ether oxygens (including phenoxy) is 1. The average molecular weight is 481 g/mol. The number of piperazine rings is 1. The molecule has 2 N–H and O–H groups in total. The van der Waals surface area contributed by atoms with Crippen LogP contribution in [0.25, 0.3) is 22.3 Å². The second kappa shape index (κ2) is 10.9. The number of fused-ring (bicyclic) bond motifs is 1.